The van der Waals surface area contributed by atoms with Gasteiger partial charge in [-0.15, -0.1) is 0 Å². The third-order valence-electron chi connectivity index (χ3n) is 3.68. The van der Waals surface area contributed by atoms with E-state index in [0.29, 0.717) is 33.9 Å². The Morgan fingerprint density at radius 2 is 1.04 bits per heavy atom. The van der Waals surface area contributed by atoms with Crippen molar-refractivity contribution in [3.63, 3.8) is 0 Å². The van der Waals surface area contributed by atoms with E-state index in [2.05, 4.69) is 10.6 Å². The van der Waals surface area contributed by atoms with Gasteiger partial charge in [-0.2, -0.15) is 0 Å². The van der Waals surface area contributed by atoms with Crippen LogP contribution in [-0.2, 0) is 0 Å². The highest BCUT2D eigenvalue weighted by atomic mass is 16.2. The van der Waals surface area contributed by atoms with Gasteiger partial charge >= 0.3 is 0 Å². The molecule has 0 aromatic heterocycles. The van der Waals surface area contributed by atoms with Crippen molar-refractivity contribution >= 4 is 34.6 Å². The first kappa shape index (κ1) is 17.0. The molecule has 3 aromatic rings. The number of nitrogen functional groups attached to an aromatic ring is 2. The van der Waals surface area contributed by atoms with Gasteiger partial charge in [0.15, 0.2) is 0 Å². The normalized spacial score (nSPS) is 10.2. The molecule has 3 aromatic carbocycles. The summed E-state index contributed by atoms with van der Waals surface area (Å²) in [5, 5.41) is 5.51. The molecule has 0 saturated heterocycles. The van der Waals surface area contributed by atoms with Gasteiger partial charge < -0.3 is 22.1 Å². The maximum Gasteiger partial charge on any atom is 0.255 e. The number of hydrogen-bond acceptors (Lipinski definition) is 4. The van der Waals surface area contributed by atoms with Gasteiger partial charge in [-0.1, -0.05) is 18.2 Å². The van der Waals surface area contributed by atoms with Gasteiger partial charge in [0.05, 0.1) is 0 Å². The Balaban J connectivity index is 1.75. The molecule has 3 rings (SSSR count). The van der Waals surface area contributed by atoms with Crippen LogP contribution >= 0.6 is 0 Å². The second kappa shape index (κ2) is 7.40. The average molecular weight is 346 g/mol. The van der Waals surface area contributed by atoms with E-state index >= 15 is 0 Å². The van der Waals surface area contributed by atoms with Crippen LogP contribution in [0.2, 0.25) is 0 Å². The maximum atomic E-state index is 12.4. The van der Waals surface area contributed by atoms with Crippen molar-refractivity contribution in [3.05, 3.63) is 83.9 Å². The van der Waals surface area contributed by atoms with Gasteiger partial charge in [-0.05, 0) is 54.6 Å². The quantitative estimate of drug-likeness (QED) is 0.543. The number of amides is 2. The number of anilines is 4. The van der Waals surface area contributed by atoms with Crippen molar-refractivity contribution in [2.24, 2.45) is 0 Å². The molecule has 0 unspecified atom stereocenters. The first-order valence-corrected chi connectivity index (χ1v) is 7.95. The topological polar surface area (TPSA) is 110 Å². The summed E-state index contributed by atoms with van der Waals surface area (Å²) < 4.78 is 0. The van der Waals surface area contributed by atoms with E-state index in [9.17, 15) is 9.59 Å². The number of hydrogen-bond donors (Lipinski definition) is 4. The molecule has 0 atom stereocenters. The van der Waals surface area contributed by atoms with Crippen LogP contribution < -0.4 is 22.1 Å². The number of nitrogens with one attached hydrogen (secondary N) is 2. The fourth-order valence-corrected chi connectivity index (χ4v) is 2.44. The monoisotopic (exact) mass is 346 g/mol. The summed E-state index contributed by atoms with van der Waals surface area (Å²) in [6.07, 6.45) is 0. The summed E-state index contributed by atoms with van der Waals surface area (Å²) in [5.41, 5.74) is 14.4. The van der Waals surface area contributed by atoms with Crippen LogP contribution in [0.15, 0.2) is 72.8 Å². The molecular weight excluding hydrogens is 328 g/mol. The third-order valence-corrected chi connectivity index (χ3v) is 3.68. The van der Waals surface area contributed by atoms with Crippen molar-refractivity contribution in [1.82, 2.24) is 0 Å². The minimum Gasteiger partial charge on any atom is -0.399 e. The van der Waals surface area contributed by atoms with Crippen molar-refractivity contribution in [2.75, 3.05) is 22.1 Å². The number of benzene rings is 3. The minimum absolute atomic E-state index is 0.325. The third kappa shape index (κ3) is 4.18. The molecule has 0 fully saturated rings. The van der Waals surface area contributed by atoms with Crippen LogP contribution in [-0.4, -0.2) is 11.8 Å². The first-order chi connectivity index (χ1) is 12.5. The van der Waals surface area contributed by atoms with Gasteiger partial charge in [0.1, 0.15) is 0 Å². The van der Waals surface area contributed by atoms with Crippen LogP contribution in [0.5, 0.6) is 0 Å². The molecule has 6 nitrogen and oxygen atoms in total. The van der Waals surface area contributed by atoms with Gasteiger partial charge in [-0.25, -0.2) is 0 Å². The smallest absolute Gasteiger partial charge is 0.255 e. The summed E-state index contributed by atoms with van der Waals surface area (Å²) >= 11 is 0. The molecule has 0 aliphatic carbocycles. The Hall–Kier alpha value is -3.80. The lowest BCUT2D eigenvalue weighted by Crippen LogP contribution is -2.15. The number of carbonyl (C=O) groups excluding carboxylic acids is 2. The summed E-state index contributed by atoms with van der Waals surface area (Å²) in [5.74, 6) is -0.650. The van der Waals surface area contributed by atoms with Gasteiger partial charge in [-0.3, -0.25) is 9.59 Å². The molecule has 0 saturated carbocycles. The van der Waals surface area contributed by atoms with Crippen molar-refractivity contribution < 1.29 is 9.59 Å². The van der Waals surface area contributed by atoms with E-state index in [-0.39, 0.29) is 11.8 Å². The molecule has 0 aliphatic rings. The lowest BCUT2D eigenvalue weighted by molar-refractivity contribution is 0.102. The Kier molecular flexibility index (Phi) is 4.85. The fraction of sp³-hybridized carbons (Fsp3) is 0. The van der Waals surface area contributed by atoms with Gasteiger partial charge in [0.25, 0.3) is 11.8 Å². The molecule has 0 heterocycles. The zero-order chi connectivity index (χ0) is 18.5. The Bertz CT molecular complexity index is 895. The molecule has 2 amide bonds. The van der Waals surface area contributed by atoms with Crippen LogP contribution in [0.1, 0.15) is 20.7 Å². The highest BCUT2D eigenvalue weighted by molar-refractivity contribution is 6.08. The number of carbonyl (C=O) groups is 2. The lowest BCUT2D eigenvalue weighted by Gasteiger charge is -2.09. The summed E-state index contributed by atoms with van der Waals surface area (Å²) in [6.45, 7) is 0. The van der Waals surface area contributed by atoms with Gasteiger partial charge in [0.2, 0.25) is 0 Å². The number of rotatable bonds is 4. The second-order valence-corrected chi connectivity index (χ2v) is 5.74. The van der Waals surface area contributed by atoms with Crippen LogP contribution in [0.3, 0.4) is 0 Å². The van der Waals surface area contributed by atoms with Crippen LogP contribution in [0.4, 0.5) is 22.7 Å². The Labute approximate surface area is 150 Å². The zero-order valence-corrected chi connectivity index (χ0v) is 13.9. The molecule has 130 valence electrons. The van der Waals surface area contributed by atoms with E-state index in [4.69, 9.17) is 11.5 Å². The molecule has 0 radical (unpaired) electrons. The highest BCUT2D eigenvalue weighted by Gasteiger charge is 2.11. The zero-order valence-electron chi connectivity index (χ0n) is 13.9. The predicted octanol–water partition coefficient (Wildman–Crippen LogP) is 3.36. The molecular formula is C20H18N4O2. The fourth-order valence-electron chi connectivity index (χ4n) is 2.44. The standard InChI is InChI=1S/C20H18N4O2/c21-15-6-2-8-17(11-15)23-19(25)13-4-1-5-14(10-13)20(26)24-18-9-3-7-16(22)12-18/h1-12H,21-22H2,(H,23,25)(H,24,26). The van der Waals surface area contributed by atoms with Crippen LogP contribution in [0, 0.1) is 0 Å². The molecule has 6 heteroatoms. The van der Waals surface area contributed by atoms with Crippen molar-refractivity contribution in [1.29, 1.82) is 0 Å². The van der Waals surface area contributed by atoms with Crippen molar-refractivity contribution in [3.8, 4) is 0 Å². The molecule has 0 aliphatic heterocycles. The van der Waals surface area contributed by atoms with E-state index in [0.717, 1.165) is 0 Å². The molecule has 0 spiro atoms. The van der Waals surface area contributed by atoms with Gasteiger partial charge in [0, 0.05) is 33.9 Å². The first-order valence-electron chi connectivity index (χ1n) is 7.95. The second-order valence-electron chi connectivity index (χ2n) is 5.74. The Morgan fingerprint density at radius 1 is 0.615 bits per heavy atom. The summed E-state index contributed by atoms with van der Waals surface area (Å²) in [4.78, 5) is 24.8. The summed E-state index contributed by atoms with van der Waals surface area (Å²) in [7, 11) is 0. The lowest BCUT2D eigenvalue weighted by atomic mass is 10.1. The highest BCUT2D eigenvalue weighted by Crippen LogP contribution is 2.16. The largest absolute Gasteiger partial charge is 0.399 e. The molecule has 0 bridgehead atoms. The molecule has 6 N–H and O–H groups in total. The predicted molar refractivity (Wildman–Crippen MR) is 104 cm³/mol. The Morgan fingerprint density at radius 3 is 1.46 bits per heavy atom. The summed E-state index contributed by atoms with van der Waals surface area (Å²) in [6, 6.07) is 20.2. The number of nitrogens with two attached hydrogens (primary N) is 2. The van der Waals surface area contributed by atoms with E-state index < -0.39 is 0 Å². The minimum atomic E-state index is -0.325. The van der Waals surface area contributed by atoms with E-state index in [1.165, 1.54) is 6.07 Å². The average Bonchev–Trinajstić information content (AvgIpc) is 2.62. The van der Waals surface area contributed by atoms with Crippen molar-refractivity contribution in [2.45, 2.75) is 0 Å². The van der Waals surface area contributed by atoms with Crippen LogP contribution in [0.25, 0.3) is 0 Å². The SMILES string of the molecule is Nc1cccc(NC(=O)c2cccc(C(=O)Nc3cccc(N)c3)c2)c1. The van der Waals surface area contributed by atoms with E-state index in [1.807, 2.05) is 0 Å². The molecule has 26 heavy (non-hydrogen) atoms. The maximum absolute atomic E-state index is 12.4. The van der Waals surface area contributed by atoms with E-state index in [1.54, 1.807) is 66.7 Å².